The first-order valence-corrected chi connectivity index (χ1v) is 7.57. The first kappa shape index (κ1) is 17.2. The molecule has 0 radical (unpaired) electrons. The number of nitro benzene ring substituents is 1. The Balaban J connectivity index is 1.90. The van der Waals surface area contributed by atoms with E-state index < -0.39 is 10.9 Å². The molecule has 0 atom stereocenters. The normalized spacial score (nSPS) is 10.4. The van der Waals surface area contributed by atoms with Gasteiger partial charge >= 0.3 is 11.7 Å². The Morgan fingerprint density at radius 1 is 1.19 bits per heavy atom. The van der Waals surface area contributed by atoms with Crippen molar-refractivity contribution in [1.82, 2.24) is 4.98 Å². The summed E-state index contributed by atoms with van der Waals surface area (Å²) < 4.78 is 15.6. The monoisotopic (exact) mass is 354 g/mol. The molecule has 0 saturated carbocycles. The molecule has 26 heavy (non-hydrogen) atoms. The zero-order valence-corrected chi connectivity index (χ0v) is 14.0. The topological polar surface area (TPSA) is 105 Å². The maximum absolute atomic E-state index is 12.4. The number of oxazole rings is 1. The van der Waals surface area contributed by atoms with Gasteiger partial charge in [0.1, 0.15) is 11.5 Å². The number of ether oxygens (including phenoxy) is 2. The van der Waals surface area contributed by atoms with Gasteiger partial charge in [-0.05, 0) is 31.2 Å². The fourth-order valence-corrected chi connectivity index (χ4v) is 2.29. The lowest BCUT2D eigenvalue weighted by Gasteiger charge is -2.05. The van der Waals surface area contributed by atoms with Crippen LogP contribution in [0, 0.1) is 17.0 Å². The summed E-state index contributed by atoms with van der Waals surface area (Å²) in [6.07, 6.45) is 0. The van der Waals surface area contributed by atoms with Crippen LogP contribution in [0.5, 0.6) is 11.5 Å². The summed E-state index contributed by atoms with van der Waals surface area (Å²) in [5, 5.41) is 11.2. The molecule has 8 nitrogen and oxygen atoms in total. The second-order valence-electron chi connectivity index (χ2n) is 5.27. The molecule has 0 fully saturated rings. The number of carbonyl (C=O) groups is 1. The van der Waals surface area contributed by atoms with Crippen molar-refractivity contribution in [3.8, 4) is 23.0 Å². The number of rotatable bonds is 5. The van der Waals surface area contributed by atoms with E-state index in [1.54, 1.807) is 19.1 Å². The lowest BCUT2D eigenvalue weighted by atomic mass is 10.2. The predicted octanol–water partition coefficient (Wildman–Crippen LogP) is 3.79. The van der Waals surface area contributed by atoms with Crippen LogP contribution in [-0.2, 0) is 0 Å². The van der Waals surface area contributed by atoms with Crippen LogP contribution in [0.2, 0.25) is 0 Å². The minimum Gasteiger partial charge on any atom is -0.496 e. The van der Waals surface area contributed by atoms with Crippen molar-refractivity contribution in [1.29, 1.82) is 0 Å². The fourth-order valence-electron chi connectivity index (χ4n) is 2.29. The number of esters is 1. The van der Waals surface area contributed by atoms with Gasteiger partial charge in [0.2, 0.25) is 11.6 Å². The molecule has 132 valence electrons. The third kappa shape index (κ3) is 3.39. The van der Waals surface area contributed by atoms with E-state index in [0.29, 0.717) is 5.56 Å². The number of aromatic nitrogens is 1. The molecule has 0 spiro atoms. The van der Waals surface area contributed by atoms with E-state index in [1.807, 2.05) is 18.2 Å². The van der Waals surface area contributed by atoms with E-state index in [9.17, 15) is 14.9 Å². The molecule has 2 aromatic carbocycles. The third-order valence-electron chi connectivity index (χ3n) is 3.58. The van der Waals surface area contributed by atoms with Gasteiger partial charge in [0.15, 0.2) is 5.69 Å². The largest absolute Gasteiger partial charge is 0.496 e. The highest BCUT2D eigenvalue weighted by atomic mass is 16.6. The van der Waals surface area contributed by atoms with Crippen LogP contribution in [0.1, 0.15) is 16.2 Å². The lowest BCUT2D eigenvalue weighted by molar-refractivity contribution is -0.385. The molecule has 0 bridgehead atoms. The van der Waals surface area contributed by atoms with E-state index in [-0.39, 0.29) is 34.5 Å². The molecule has 0 amide bonds. The number of nitrogens with zero attached hydrogens (tertiary/aromatic N) is 2. The van der Waals surface area contributed by atoms with Crippen LogP contribution >= 0.6 is 0 Å². The van der Waals surface area contributed by atoms with Crippen molar-refractivity contribution < 1.29 is 23.6 Å². The molecule has 8 heteroatoms. The Labute approximate surface area is 148 Å². The molecule has 0 aliphatic carbocycles. The lowest BCUT2D eigenvalue weighted by Crippen LogP contribution is -2.11. The van der Waals surface area contributed by atoms with Crippen molar-refractivity contribution >= 4 is 11.7 Å². The quantitative estimate of drug-likeness (QED) is 0.297. The van der Waals surface area contributed by atoms with E-state index in [4.69, 9.17) is 13.9 Å². The van der Waals surface area contributed by atoms with Crippen molar-refractivity contribution in [2.45, 2.75) is 6.92 Å². The summed E-state index contributed by atoms with van der Waals surface area (Å²) in [6.45, 7) is 1.57. The van der Waals surface area contributed by atoms with Crippen LogP contribution in [0.15, 0.2) is 52.9 Å². The van der Waals surface area contributed by atoms with Gasteiger partial charge in [0, 0.05) is 5.56 Å². The third-order valence-corrected chi connectivity index (χ3v) is 3.58. The summed E-state index contributed by atoms with van der Waals surface area (Å²) in [6, 6.07) is 13.0. The molecular formula is C18H14N2O6. The van der Waals surface area contributed by atoms with Gasteiger partial charge in [0.25, 0.3) is 0 Å². The molecule has 3 aromatic rings. The minimum atomic E-state index is -0.846. The zero-order valence-electron chi connectivity index (χ0n) is 14.0. The predicted molar refractivity (Wildman–Crippen MR) is 91.3 cm³/mol. The maximum Gasteiger partial charge on any atom is 0.366 e. The maximum atomic E-state index is 12.4. The summed E-state index contributed by atoms with van der Waals surface area (Å²) in [5.74, 6) is -0.254. The highest BCUT2D eigenvalue weighted by Gasteiger charge is 2.24. The fraction of sp³-hybridized carbons (Fsp3) is 0.111. The summed E-state index contributed by atoms with van der Waals surface area (Å²) in [4.78, 5) is 27.1. The summed E-state index contributed by atoms with van der Waals surface area (Å²) in [5.41, 5.74) is 0.265. The van der Waals surface area contributed by atoms with Crippen molar-refractivity contribution in [3.63, 3.8) is 0 Å². The SMILES string of the molecule is COc1ccc(OC(=O)c2nc(-c3ccccc3)oc2C)c([N+](=O)[O-])c1. The molecule has 1 heterocycles. The van der Waals surface area contributed by atoms with Gasteiger partial charge in [-0.3, -0.25) is 10.1 Å². The van der Waals surface area contributed by atoms with Gasteiger partial charge in [-0.25, -0.2) is 9.78 Å². The number of carbonyl (C=O) groups excluding carboxylic acids is 1. The Bertz CT molecular complexity index is 965. The second-order valence-corrected chi connectivity index (χ2v) is 5.27. The van der Waals surface area contributed by atoms with Crippen LogP contribution in [0.3, 0.4) is 0 Å². The van der Waals surface area contributed by atoms with Gasteiger partial charge in [-0.15, -0.1) is 0 Å². The van der Waals surface area contributed by atoms with E-state index in [0.717, 1.165) is 0 Å². The number of aryl methyl sites for hydroxylation is 1. The van der Waals surface area contributed by atoms with Gasteiger partial charge < -0.3 is 13.9 Å². The second kappa shape index (κ2) is 7.06. The average molecular weight is 354 g/mol. The first-order valence-electron chi connectivity index (χ1n) is 7.57. The van der Waals surface area contributed by atoms with Gasteiger partial charge in [0.05, 0.1) is 18.1 Å². The summed E-state index contributed by atoms with van der Waals surface area (Å²) >= 11 is 0. The van der Waals surface area contributed by atoms with E-state index >= 15 is 0 Å². The molecular weight excluding hydrogens is 340 g/mol. The number of benzene rings is 2. The van der Waals surface area contributed by atoms with Gasteiger partial charge in [-0.2, -0.15) is 0 Å². The molecule has 0 aliphatic rings. The first-order chi connectivity index (χ1) is 12.5. The van der Waals surface area contributed by atoms with Crippen molar-refractivity contribution in [2.24, 2.45) is 0 Å². The highest BCUT2D eigenvalue weighted by molar-refractivity contribution is 5.91. The minimum absolute atomic E-state index is 0.0473. The Kier molecular flexibility index (Phi) is 4.66. The number of hydrogen-bond donors (Lipinski definition) is 0. The molecule has 3 rings (SSSR count). The number of hydrogen-bond acceptors (Lipinski definition) is 7. The molecule has 0 unspecified atom stereocenters. The molecule has 0 N–H and O–H groups in total. The Morgan fingerprint density at radius 3 is 2.58 bits per heavy atom. The summed E-state index contributed by atoms with van der Waals surface area (Å²) in [7, 11) is 1.38. The van der Waals surface area contributed by atoms with E-state index in [1.165, 1.54) is 25.3 Å². The number of methoxy groups -OCH3 is 1. The average Bonchev–Trinajstić information content (AvgIpc) is 3.04. The van der Waals surface area contributed by atoms with Gasteiger partial charge in [-0.1, -0.05) is 18.2 Å². The van der Waals surface area contributed by atoms with Crippen molar-refractivity contribution in [2.75, 3.05) is 7.11 Å². The van der Waals surface area contributed by atoms with Crippen LogP contribution < -0.4 is 9.47 Å². The smallest absolute Gasteiger partial charge is 0.366 e. The standard InChI is InChI=1S/C18H14N2O6/c1-11-16(19-17(25-11)12-6-4-3-5-7-12)18(21)26-15-9-8-13(24-2)10-14(15)20(22)23/h3-10H,1-2H3. The number of nitro groups is 1. The Morgan fingerprint density at radius 2 is 1.92 bits per heavy atom. The van der Waals surface area contributed by atoms with Crippen LogP contribution in [0.4, 0.5) is 5.69 Å². The van der Waals surface area contributed by atoms with Crippen LogP contribution in [0.25, 0.3) is 11.5 Å². The van der Waals surface area contributed by atoms with Crippen molar-refractivity contribution in [3.05, 3.63) is 70.1 Å². The van der Waals surface area contributed by atoms with Crippen LogP contribution in [-0.4, -0.2) is 23.0 Å². The molecule has 1 aromatic heterocycles. The van der Waals surface area contributed by atoms with E-state index in [2.05, 4.69) is 4.98 Å². The zero-order chi connectivity index (χ0) is 18.7. The highest BCUT2D eigenvalue weighted by Crippen LogP contribution is 2.32. The molecule has 0 aliphatic heterocycles. The molecule has 0 saturated heterocycles. The Hall–Kier alpha value is -3.68.